The van der Waals surface area contributed by atoms with E-state index in [1.54, 1.807) is 6.07 Å². The summed E-state index contributed by atoms with van der Waals surface area (Å²) >= 11 is 1.09. The predicted octanol–water partition coefficient (Wildman–Crippen LogP) is 1.70. The van der Waals surface area contributed by atoms with Crippen LogP contribution < -0.4 is 20.5 Å². The molecule has 4 N–H and O–H groups in total. The molecule has 1 saturated carbocycles. The summed E-state index contributed by atoms with van der Waals surface area (Å²) in [5.74, 6) is 0. The first-order valence-corrected chi connectivity index (χ1v) is 9.15. The number of ether oxygens (including phenoxy) is 1. The highest BCUT2D eigenvalue weighted by atomic mass is 32.2. The van der Waals surface area contributed by atoms with Crippen molar-refractivity contribution in [1.82, 2.24) is 14.1 Å². The molecule has 1 heterocycles. The maximum absolute atomic E-state index is 12.4. The molecule has 0 amide bonds. The van der Waals surface area contributed by atoms with Gasteiger partial charge in [-0.15, -0.1) is 4.37 Å². The molecule has 1 aromatic carbocycles. The fourth-order valence-corrected chi connectivity index (χ4v) is 3.99. The van der Waals surface area contributed by atoms with Crippen molar-refractivity contribution in [2.24, 2.45) is 0 Å². The molecule has 0 aliphatic heterocycles. The molecule has 0 unspecified atom stereocenters. The van der Waals surface area contributed by atoms with Gasteiger partial charge in [-0.25, -0.2) is 13.1 Å². The SMILES string of the molecule is COc1nsc(Nc2cc(S(=O)(=O)NC3(C)CC3)ccc2N)n1. The third kappa shape index (κ3) is 3.54. The van der Waals surface area contributed by atoms with E-state index in [0.717, 1.165) is 24.4 Å². The number of hydrogen-bond acceptors (Lipinski definition) is 8. The molecule has 1 aliphatic carbocycles. The predicted molar refractivity (Wildman–Crippen MR) is 88.6 cm³/mol. The van der Waals surface area contributed by atoms with Crippen molar-refractivity contribution in [3.8, 4) is 6.01 Å². The molecule has 1 fully saturated rings. The van der Waals surface area contributed by atoms with Crippen LogP contribution in [0.5, 0.6) is 6.01 Å². The Balaban J connectivity index is 1.86. The maximum atomic E-state index is 12.4. The Hall–Kier alpha value is -1.91. The Kier molecular flexibility index (Phi) is 3.90. The van der Waals surface area contributed by atoms with E-state index in [2.05, 4.69) is 19.4 Å². The number of nitrogens with two attached hydrogens (primary N) is 1. The van der Waals surface area contributed by atoms with E-state index in [1.165, 1.54) is 19.2 Å². The van der Waals surface area contributed by atoms with Crippen LogP contribution in [0, 0.1) is 0 Å². The maximum Gasteiger partial charge on any atom is 0.329 e. The lowest BCUT2D eigenvalue weighted by molar-refractivity contribution is 0.386. The zero-order chi connectivity index (χ0) is 16.7. The van der Waals surface area contributed by atoms with Crippen molar-refractivity contribution < 1.29 is 13.2 Å². The van der Waals surface area contributed by atoms with E-state index >= 15 is 0 Å². The fourth-order valence-electron chi connectivity index (χ4n) is 1.94. The van der Waals surface area contributed by atoms with Crippen LogP contribution >= 0.6 is 11.5 Å². The number of anilines is 3. The molecule has 124 valence electrons. The molecule has 1 aliphatic rings. The number of sulfonamides is 1. The van der Waals surface area contributed by atoms with Crippen LogP contribution in [-0.2, 0) is 10.0 Å². The van der Waals surface area contributed by atoms with Crippen LogP contribution in [0.1, 0.15) is 19.8 Å². The fraction of sp³-hybridized carbons (Fsp3) is 0.385. The molecule has 23 heavy (non-hydrogen) atoms. The molecule has 1 aromatic heterocycles. The van der Waals surface area contributed by atoms with Gasteiger partial charge in [0.2, 0.25) is 15.2 Å². The van der Waals surface area contributed by atoms with Gasteiger partial charge in [-0.05, 0) is 38.0 Å². The van der Waals surface area contributed by atoms with Gasteiger partial charge in [-0.1, -0.05) is 0 Å². The van der Waals surface area contributed by atoms with E-state index in [0.29, 0.717) is 16.5 Å². The Bertz CT molecular complexity index is 830. The van der Waals surface area contributed by atoms with E-state index in [1.807, 2.05) is 6.92 Å². The number of rotatable bonds is 6. The third-order valence-electron chi connectivity index (χ3n) is 3.55. The number of benzene rings is 1. The zero-order valence-corrected chi connectivity index (χ0v) is 14.3. The van der Waals surface area contributed by atoms with Gasteiger partial charge in [-0.3, -0.25) is 0 Å². The minimum absolute atomic E-state index is 0.152. The van der Waals surface area contributed by atoms with Crippen LogP contribution in [-0.4, -0.2) is 30.4 Å². The van der Waals surface area contributed by atoms with Crippen LogP contribution in [0.4, 0.5) is 16.5 Å². The van der Waals surface area contributed by atoms with Gasteiger partial charge in [-0.2, -0.15) is 4.98 Å². The summed E-state index contributed by atoms with van der Waals surface area (Å²) in [7, 11) is -2.12. The lowest BCUT2D eigenvalue weighted by Crippen LogP contribution is -2.34. The van der Waals surface area contributed by atoms with Gasteiger partial charge in [0.05, 0.1) is 23.4 Å². The minimum atomic E-state index is -3.59. The summed E-state index contributed by atoms with van der Waals surface area (Å²) < 4.78 is 36.4. The van der Waals surface area contributed by atoms with Gasteiger partial charge < -0.3 is 15.8 Å². The van der Waals surface area contributed by atoms with Crippen molar-refractivity contribution in [3.63, 3.8) is 0 Å². The second-order valence-corrected chi connectivity index (χ2v) is 8.06. The summed E-state index contributed by atoms with van der Waals surface area (Å²) in [6.45, 7) is 1.88. The van der Waals surface area contributed by atoms with Crippen molar-refractivity contribution >= 4 is 38.1 Å². The second-order valence-electron chi connectivity index (χ2n) is 5.63. The Morgan fingerprint density at radius 1 is 1.39 bits per heavy atom. The lowest BCUT2D eigenvalue weighted by atomic mass is 10.3. The van der Waals surface area contributed by atoms with Gasteiger partial charge >= 0.3 is 6.01 Å². The molecule has 8 nitrogen and oxygen atoms in total. The average molecular weight is 355 g/mol. The standard InChI is InChI=1S/C13H17N5O3S2/c1-13(5-6-13)18-23(19,20)8-3-4-9(14)10(7-8)15-12-16-11(21-2)17-22-12/h3-4,7,18H,5-6,14H2,1-2H3,(H,15,16,17). The average Bonchev–Trinajstić information content (AvgIpc) is 3.03. The normalized spacial score (nSPS) is 16.1. The van der Waals surface area contributed by atoms with Crippen LogP contribution in [0.2, 0.25) is 0 Å². The monoisotopic (exact) mass is 355 g/mol. The number of nitrogens with zero attached hydrogens (tertiary/aromatic N) is 2. The van der Waals surface area contributed by atoms with Crippen LogP contribution in [0.3, 0.4) is 0 Å². The molecule has 0 saturated heterocycles. The number of hydrogen-bond donors (Lipinski definition) is 3. The Labute approximate surface area is 138 Å². The molecular formula is C13H17N5O3S2. The summed E-state index contributed by atoms with van der Waals surface area (Å²) in [4.78, 5) is 4.23. The Morgan fingerprint density at radius 2 is 2.13 bits per heavy atom. The van der Waals surface area contributed by atoms with Gasteiger partial charge in [0.1, 0.15) is 0 Å². The Morgan fingerprint density at radius 3 is 2.74 bits per heavy atom. The molecular weight excluding hydrogens is 338 g/mol. The van der Waals surface area contributed by atoms with Crippen molar-refractivity contribution in [1.29, 1.82) is 0 Å². The van der Waals surface area contributed by atoms with Gasteiger partial charge in [0.15, 0.2) is 0 Å². The third-order valence-corrected chi connectivity index (χ3v) is 5.80. The number of aromatic nitrogens is 2. The number of nitrogen functional groups attached to an aromatic ring is 1. The molecule has 2 aromatic rings. The molecule has 3 rings (SSSR count). The summed E-state index contributed by atoms with van der Waals surface area (Å²) in [6, 6.07) is 4.75. The van der Waals surface area contributed by atoms with E-state index in [-0.39, 0.29) is 16.4 Å². The molecule has 0 spiro atoms. The smallest absolute Gasteiger partial charge is 0.329 e. The second kappa shape index (κ2) is 5.62. The van der Waals surface area contributed by atoms with Crippen molar-refractivity contribution in [2.45, 2.75) is 30.2 Å². The van der Waals surface area contributed by atoms with E-state index < -0.39 is 10.0 Å². The van der Waals surface area contributed by atoms with E-state index in [4.69, 9.17) is 10.5 Å². The van der Waals surface area contributed by atoms with E-state index in [9.17, 15) is 8.42 Å². The quantitative estimate of drug-likeness (QED) is 0.675. The summed E-state index contributed by atoms with van der Waals surface area (Å²) in [5, 5.41) is 3.43. The molecule has 0 radical (unpaired) electrons. The molecule has 10 heteroatoms. The minimum Gasteiger partial charge on any atom is -0.466 e. The highest BCUT2D eigenvalue weighted by molar-refractivity contribution is 7.89. The molecule has 0 atom stereocenters. The van der Waals surface area contributed by atoms with Crippen LogP contribution in [0.15, 0.2) is 23.1 Å². The summed E-state index contributed by atoms with van der Waals surface area (Å²) in [5.41, 5.74) is 6.44. The van der Waals surface area contributed by atoms with Gasteiger partial charge in [0, 0.05) is 17.1 Å². The number of nitrogens with one attached hydrogen (secondary N) is 2. The lowest BCUT2D eigenvalue weighted by Gasteiger charge is -2.14. The summed E-state index contributed by atoms with van der Waals surface area (Å²) in [6.07, 6.45) is 1.69. The van der Waals surface area contributed by atoms with Gasteiger partial charge in [0.25, 0.3) is 0 Å². The molecule has 0 bridgehead atoms. The largest absolute Gasteiger partial charge is 0.466 e. The van der Waals surface area contributed by atoms with Crippen LogP contribution in [0.25, 0.3) is 0 Å². The van der Waals surface area contributed by atoms with Crippen molar-refractivity contribution in [3.05, 3.63) is 18.2 Å². The van der Waals surface area contributed by atoms with Crippen molar-refractivity contribution in [2.75, 3.05) is 18.2 Å². The topological polar surface area (TPSA) is 119 Å². The highest BCUT2D eigenvalue weighted by Crippen LogP contribution is 2.36. The first-order chi connectivity index (χ1) is 10.8. The number of methoxy groups -OCH3 is 1. The highest BCUT2D eigenvalue weighted by Gasteiger charge is 2.41. The first-order valence-electron chi connectivity index (χ1n) is 6.90. The zero-order valence-electron chi connectivity index (χ0n) is 12.7. The first kappa shape index (κ1) is 16.0.